The third-order valence-corrected chi connectivity index (χ3v) is 8.47. The van der Waals surface area contributed by atoms with Gasteiger partial charge in [-0.05, 0) is 72.5 Å². The van der Waals surface area contributed by atoms with E-state index in [0.717, 1.165) is 48.2 Å². The van der Waals surface area contributed by atoms with Gasteiger partial charge in [0.05, 0.1) is 11.1 Å². The molecule has 0 fully saturated rings. The fraction of sp³-hybridized carbons (Fsp3) is 0.235. The Hall–Kier alpha value is -4.00. The summed E-state index contributed by atoms with van der Waals surface area (Å²) in [5.74, 6) is 0.0533. The molecule has 0 radical (unpaired) electrons. The molecule has 0 spiro atoms. The van der Waals surface area contributed by atoms with E-state index in [2.05, 4.69) is 10.6 Å². The van der Waals surface area contributed by atoms with Crippen molar-refractivity contribution in [3.8, 4) is 0 Å². The smallest absolute Gasteiger partial charge is 0.257 e. The number of nitrogens with one attached hydrogen (secondary N) is 2. The average molecular weight is 600 g/mol. The van der Waals surface area contributed by atoms with Crippen LogP contribution in [0.5, 0.6) is 0 Å². The molecule has 2 unspecified atom stereocenters. The average Bonchev–Trinajstić information content (AvgIpc) is 3.01. The maximum absolute atomic E-state index is 13.5. The number of rotatable bonds is 9. The van der Waals surface area contributed by atoms with Crippen molar-refractivity contribution in [3.63, 3.8) is 0 Å². The normalized spacial score (nSPS) is 17.8. The molecule has 0 bridgehead atoms. The molecule has 0 saturated heterocycles. The van der Waals surface area contributed by atoms with Crippen LogP contribution in [0.1, 0.15) is 69.9 Å². The van der Waals surface area contributed by atoms with Gasteiger partial charge in [-0.2, -0.15) is 0 Å². The molecule has 6 nitrogen and oxygen atoms in total. The number of fused-ring (bicyclic) bond motifs is 2. The van der Waals surface area contributed by atoms with Crippen LogP contribution in [0.4, 0.5) is 11.4 Å². The van der Waals surface area contributed by atoms with Crippen molar-refractivity contribution in [1.82, 2.24) is 9.80 Å². The minimum atomic E-state index is -0.262. The van der Waals surface area contributed by atoms with E-state index in [1.807, 2.05) is 107 Å². The molecule has 2 aliphatic heterocycles. The zero-order chi connectivity index (χ0) is 29.1. The minimum Gasteiger partial charge on any atom is -0.361 e. The minimum absolute atomic E-state index is 0.0266. The van der Waals surface area contributed by atoms with Crippen molar-refractivity contribution in [2.24, 2.45) is 0 Å². The fourth-order valence-electron chi connectivity index (χ4n) is 5.78. The van der Waals surface area contributed by atoms with Gasteiger partial charge in [0.15, 0.2) is 0 Å². The van der Waals surface area contributed by atoms with E-state index in [9.17, 15) is 9.59 Å². The second-order valence-corrected chi connectivity index (χ2v) is 11.6. The first-order valence-corrected chi connectivity index (χ1v) is 15.1. The molecule has 0 saturated carbocycles. The topological polar surface area (TPSA) is 64.7 Å². The summed E-state index contributed by atoms with van der Waals surface area (Å²) in [6, 6.07) is 30.6. The quantitative estimate of drug-likeness (QED) is 0.190. The number of para-hydroxylation sites is 2. The summed E-state index contributed by atoms with van der Waals surface area (Å²) in [7, 11) is 0. The molecule has 2 atom stereocenters. The Morgan fingerprint density at radius 2 is 0.905 bits per heavy atom. The van der Waals surface area contributed by atoms with Crippen molar-refractivity contribution < 1.29 is 9.59 Å². The number of unbranched alkanes of at least 4 members (excludes halogenated alkanes) is 3. The van der Waals surface area contributed by atoms with E-state index in [1.165, 1.54) is 0 Å². The van der Waals surface area contributed by atoms with Gasteiger partial charge in [0, 0.05) is 34.5 Å². The van der Waals surface area contributed by atoms with Crippen molar-refractivity contribution in [2.45, 2.75) is 38.0 Å². The Balaban J connectivity index is 1.09. The number of benzene rings is 4. The number of nitrogens with zero attached hydrogens (tertiary/aromatic N) is 2. The number of anilines is 2. The van der Waals surface area contributed by atoms with Crippen LogP contribution in [0.15, 0.2) is 97.1 Å². The van der Waals surface area contributed by atoms with E-state index < -0.39 is 0 Å². The second-order valence-electron chi connectivity index (χ2n) is 10.7. The van der Waals surface area contributed by atoms with Gasteiger partial charge in [0.2, 0.25) is 0 Å². The molecule has 42 heavy (non-hydrogen) atoms. The summed E-state index contributed by atoms with van der Waals surface area (Å²) in [5, 5.41) is 8.42. The Morgan fingerprint density at radius 1 is 0.524 bits per heavy atom. The van der Waals surface area contributed by atoms with Gasteiger partial charge in [-0.3, -0.25) is 9.59 Å². The molecule has 2 amide bonds. The molecule has 6 rings (SSSR count). The standard InChI is InChI=1S/C34H32Cl2N4O2/c35-25-17-13-23(14-18-25)31-37-29-11-5-3-9-27(29)33(41)39(31)21-7-1-2-8-22-40-32(24-15-19-26(36)20-16-24)38-30-12-6-4-10-28(30)34(40)42/h3-6,9-20,31-32,37-38H,1-2,7-8,21-22H2. The SMILES string of the molecule is O=C1c2ccccc2NC(c2ccc(Cl)cc2)N1CCCCCCN1C(=O)c2ccccc2NC1c1ccc(Cl)cc1. The molecule has 2 aliphatic rings. The van der Waals surface area contributed by atoms with Crippen molar-refractivity contribution >= 4 is 46.4 Å². The zero-order valence-electron chi connectivity index (χ0n) is 23.1. The van der Waals surface area contributed by atoms with Crippen LogP contribution in [0.3, 0.4) is 0 Å². The number of hydrogen-bond acceptors (Lipinski definition) is 4. The molecule has 4 aromatic rings. The summed E-state index contributed by atoms with van der Waals surface area (Å²) in [6.07, 6.45) is 3.07. The summed E-state index contributed by atoms with van der Waals surface area (Å²) < 4.78 is 0. The van der Waals surface area contributed by atoms with Gasteiger partial charge in [-0.1, -0.05) is 84.6 Å². The number of carbonyl (C=O) groups excluding carboxylic acids is 2. The van der Waals surface area contributed by atoms with Crippen LogP contribution < -0.4 is 10.6 Å². The third kappa shape index (κ3) is 5.83. The molecular formula is C34H32Cl2N4O2. The van der Waals surface area contributed by atoms with Gasteiger partial charge in [-0.25, -0.2) is 0 Å². The van der Waals surface area contributed by atoms with Crippen LogP contribution in [-0.2, 0) is 0 Å². The third-order valence-electron chi connectivity index (χ3n) is 7.96. The van der Waals surface area contributed by atoms with Crippen molar-refractivity contribution in [3.05, 3.63) is 129 Å². The van der Waals surface area contributed by atoms with E-state index >= 15 is 0 Å². The highest BCUT2D eigenvalue weighted by molar-refractivity contribution is 6.30. The van der Waals surface area contributed by atoms with Crippen LogP contribution >= 0.6 is 23.2 Å². The molecule has 4 aromatic carbocycles. The second kappa shape index (κ2) is 12.5. The number of amides is 2. The largest absolute Gasteiger partial charge is 0.361 e. The molecule has 0 aliphatic carbocycles. The molecule has 2 N–H and O–H groups in total. The van der Waals surface area contributed by atoms with Gasteiger partial charge >= 0.3 is 0 Å². The highest BCUT2D eigenvalue weighted by Gasteiger charge is 2.33. The Morgan fingerprint density at radius 3 is 1.31 bits per heavy atom. The van der Waals surface area contributed by atoms with E-state index in [4.69, 9.17) is 23.2 Å². The maximum Gasteiger partial charge on any atom is 0.257 e. The van der Waals surface area contributed by atoms with Crippen LogP contribution in [0.2, 0.25) is 10.0 Å². The number of carbonyl (C=O) groups is 2. The van der Waals surface area contributed by atoms with Crippen LogP contribution in [0.25, 0.3) is 0 Å². The summed E-state index contributed by atoms with van der Waals surface area (Å²) in [5.41, 5.74) is 5.05. The first-order valence-electron chi connectivity index (χ1n) is 14.3. The molecule has 8 heteroatoms. The number of halogens is 2. The first-order chi connectivity index (χ1) is 20.5. The van der Waals surface area contributed by atoms with Gasteiger partial charge in [0.25, 0.3) is 11.8 Å². The predicted octanol–water partition coefficient (Wildman–Crippen LogP) is 8.39. The molecule has 0 aromatic heterocycles. The Labute approximate surface area is 256 Å². The lowest BCUT2D eigenvalue weighted by Crippen LogP contribution is -2.43. The molecular weight excluding hydrogens is 567 g/mol. The van der Waals surface area contributed by atoms with Crippen molar-refractivity contribution in [2.75, 3.05) is 23.7 Å². The predicted molar refractivity (Wildman–Crippen MR) is 169 cm³/mol. The first kappa shape index (κ1) is 28.1. The summed E-state index contributed by atoms with van der Waals surface area (Å²) >= 11 is 12.3. The zero-order valence-corrected chi connectivity index (χ0v) is 24.6. The van der Waals surface area contributed by atoms with Crippen molar-refractivity contribution in [1.29, 1.82) is 0 Å². The monoisotopic (exact) mass is 598 g/mol. The van der Waals surface area contributed by atoms with E-state index in [-0.39, 0.29) is 24.1 Å². The van der Waals surface area contributed by atoms with E-state index in [1.54, 1.807) is 0 Å². The summed E-state index contributed by atoms with van der Waals surface area (Å²) in [6.45, 7) is 1.25. The Kier molecular flexibility index (Phi) is 8.36. The fourth-order valence-corrected chi connectivity index (χ4v) is 6.03. The highest BCUT2D eigenvalue weighted by Crippen LogP contribution is 2.35. The molecule has 2 heterocycles. The lowest BCUT2D eigenvalue weighted by Gasteiger charge is -2.38. The summed E-state index contributed by atoms with van der Waals surface area (Å²) in [4.78, 5) is 30.9. The Bertz CT molecular complexity index is 1460. The van der Waals surface area contributed by atoms with Gasteiger partial charge in [0.1, 0.15) is 12.3 Å². The molecule has 214 valence electrons. The highest BCUT2D eigenvalue weighted by atomic mass is 35.5. The van der Waals surface area contributed by atoms with Crippen LogP contribution in [-0.4, -0.2) is 34.7 Å². The lowest BCUT2D eigenvalue weighted by atomic mass is 10.0. The van der Waals surface area contributed by atoms with E-state index in [0.29, 0.717) is 34.3 Å². The van der Waals surface area contributed by atoms with Gasteiger partial charge in [-0.15, -0.1) is 0 Å². The van der Waals surface area contributed by atoms with Gasteiger partial charge < -0.3 is 20.4 Å². The lowest BCUT2D eigenvalue weighted by molar-refractivity contribution is 0.0663. The number of hydrogen-bond donors (Lipinski definition) is 2. The maximum atomic E-state index is 13.5. The van der Waals surface area contributed by atoms with Crippen LogP contribution in [0, 0.1) is 0 Å².